The molecule has 8 nitrogen and oxygen atoms in total. The average molecular weight is 424 g/mol. The zero-order valence-corrected chi connectivity index (χ0v) is 17.5. The lowest BCUT2D eigenvalue weighted by Crippen LogP contribution is -2.47. The second-order valence-corrected chi connectivity index (χ2v) is 7.52. The van der Waals surface area contributed by atoms with Gasteiger partial charge in [-0.15, -0.1) is 0 Å². The molecule has 1 aliphatic rings. The summed E-state index contributed by atoms with van der Waals surface area (Å²) in [5, 5.41) is 14.5. The highest BCUT2D eigenvalue weighted by Crippen LogP contribution is 2.33. The van der Waals surface area contributed by atoms with Gasteiger partial charge in [-0.2, -0.15) is 0 Å². The number of carbonyl (C=O) groups is 3. The van der Waals surface area contributed by atoms with Crippen LogP contribution in [0.2, 0.25) is 0 Å². The molecule has 2 aromatic rings. The summed E-state index contributed by atoms with van der Waals surface area (Å²) in [6, 6.07) is 10.8. The van der Waals surface area contributed by atoms with Crippen molar-refractivity contribution in [2.75, 3.05) is 6.79 Å². The van der Waals surface area contributed by atoms with Crippen LogP contribution in [0.3, 0.4) is 0 Å². The van der Waals surface area contributed by atoms with Crippen LogP contribution in [-0.2, 0) is 9.59 Å². The summed E-state index contributed by atoms with van der Waals surface area (Å²) in [5.41, 5.74) is 1.85. The Morgan fingerprint density at radius 1 is 1.03 bits per heavy atom. The summed E-state index contributed by atoms with van der Waals surface area (Å²) in [6.07, 6.45) is 1.46. The fraction of sp³-hybridized carbons (Fsp3) is 0.261. The minimum atomic E-state index is -1.16. The van der Waals surface area contributed by atoms with E-state index in [2.05, 4.69) is 10.6 Å². The number of benzene rings is 2. The first-order valence-electron chi connectivity index (χ1n) is 9.77. The molecule has 0 bridgehead atoms. The van der Waals surface area contributed by atoms with Crippen molar-refractivity contribution in [2.24, 2.45) is 5.92 Å². The molecule has 1 unspecified atom stereocenters. The van der Waals surface area contributed by atoms with Crippen LogP contribution in [0.25, 0.3) is 6.08 Å². The van der Waals surface area contributed by atoms with Crippen LogP contribution < -0.4 is 20.1 Å². The van der Waals surface area contributed by atoms with Crippen LogP contribution in [0.1, 0.15) is 35.3 Å². The van der Waals surface area contributed by atoms with Gasteiger partial charge in [-0.05, 0) is 48.7 Å². The summed E-state index contributed by atoms with van der Waals surface area (Å²) in [4.78, 5) is 37.1. The van der Waals surface area contributed by atoms with Crippen molar-refractivity contribution in [3.63, 3.8) is 0 Å². The molecule has 162 valence electrons. The number of fused-ring (bicyclic) bond motifs is 1. The zero-order valence-electron chi connectivity index (χ0n) is 17.5. The summed E-state index contributed by atoms with van der Waals surface area (Å²) >= 11 is 0. The van der Waals surface area contributed by atoms with Gasteiger partial charge in [-0.1, -0.05) is 37.6 Å². The van der Waals surface area contributed by atoms with Crippen LogP contribution in [0.15, 0.2) is 48.2 Å². The normalized spacial score (nSPS) is 13.6. The molecule has 1 heterocycles. The molecule has 0 spiro atoms. The van der Waals surface area contributed by atoms with Crippen LogP contribution in [-0.4, -0.2) is 35.7 Å². The lowest BCUT2D eigenvalue weighted by atomic mass is 10.0. The molecular formula is C23H24N2O6. The summed E-state index contributed by atoms with van der Waals surface area (Å²) in [6.45, 7) is 5.38. The fourth-order valence-corrected chi connectivity index (χ4v) is 2.96. The molecule has 31 heavy (non-hydrogen) atoms. The standard InChI is InChI=1S/C23H24N2O6/c1-13(2)20(23(28)29)25-22(27)17(24-21(26)16-7-4-14(3)5-8-16)10-15-6-9-18-19(11-15)31-12-30-18/h4-11,13,20H,12H2,1-3H3,(H,24,26)(H,25,27)(H,28,29)/b17-10-. The summed E-state index contributed by atoms with van der Waals surface area (Å²) in [5.74, 6) is -1.60. The van der Waals surface area contributed by atoms with Gasteiger partial charge in [-0.25, -0.2) is 4.79 Å². The molecule has 0 saturated heterocycles. The molecule has 0 radical (unpaired) electrons. The Hall–Kier alpha value is -3.81. The van der Waals surface area contributed by atoms with Gasteiger partial charge in [0.25, 0.3) is 11.8 Å². The predicted molar refractivity (Wildman–Crippen MR) is 114 cm³/mol. The Kier molecular flexibility index (Phi) is 6.59. The van der Waals surface area contributed by atoms with Gasteiger partial charge in [0.05, 0.1) is 0 Å². The quantitative estimate of drug-likeness (QED) is 0.589. The van der Waals surface area contributed by atoms with Gasteiger partial charge in [-0.3, -0.25) is 9.59 Å². The van der Waals surface area contributed by atoms with Crippen molar-refractivity contribution < 1.29 is 29.0 Å². The lowest BCUT2D eigenvalue weighted by molar-refractivity contribution is -0.142. The third-order valence-corrected chi connectivity index (χ3v) is 4.73. The molecule has 2 aromatic carbocycles. The third-order valence-electron chi connectivity index (χ3n) is 4.73. The molecule has 0 aromatic heterocycles. The lowest BCUT2D eigenvalue weighted by Gasteiger charge is -2.19. The highest BCUT2D eigenvalue weighted by molar-refractivity contribution is 6.06. The average Bonchev–Trinajstić information content (AvgIpc) is 3.19. The Balaban J connectivity index is 1.90. The van der Waals surface area contributed by atoms with Gasteiger partial charge in [0, 0.05) is 5.56 Å². The number of carbonyl (C=O) groups excluding carboxylic acids is 2. The molecule has 3 rings (SSSR count). The second-order valence-electron chi connectivity index (χ2n) is 7.52. The maximum absolute atomic E-state index is 12.9. The molecule has 0 fully saturated rings. The highest BCUT2D eigenvalue weighted by Gasteiger charge is 2.26. The first-order valence-corrected chi connectivity index (χ1v) is 9.77. The van der Waals surface area contributed by atoms with E-state index in [0.29, 0.717) is 22.6 Å². The predicted octanol–water partition coefficient (Wildman–Crippen LogP) is 2.72. The van der Waals surface area contributed by atoms with Crippen molar-refractivity contribution in [1.29, 1.82) is 0 Å². The van der Waals surface area contributed by atoms with Crippen molar-refractivity contribution in [3.8, 4) is 11.5 Å². The van der Waals surface area contributed by atoms with E-state index in [1.165, 1.54) is 6.08 Å². The minimum Gasteiger partial charge on any atom is -0.480 e. The topological polar surface area (TPSA) is 114 Å². The molecule has 0 aliphatic carbocycles. The van der Waals surface area contributed by atoms with Gasteiger partial charge < -0.3 is 25.2 Å². The first kappa shape index (κ1) is 21.9. The van der Waals surface area contributed by atoms with E-state index >= 15 is 0 Å². The number of hydrogen-bond acceptors (Lipinski definition) is 5. The number of aryl methyl sites for hydroxylation is 1. The number of rotatable bonds is 7. The third kappa shape index (κ3) is 5.42. The Morgan fingerprint density at radius 2 is 1.71 bits per heavy atom. The first-order chi connectivity index (χ1) is 14.7. The largest absolute Gasteiger partial charge is 0.480 e. The van der Waals surface area contributed by atoms with Crippen LogP contribution >= 0.6 is 0 Å². The number of carboxylic acids is 1. The van der Waals surface area contributed by atoms with Gasteiger partial charge in [0.1, 0.15) is 11.7 Å². The number of hydrogen-bond donors (Lipinski definition) is 3. The van der Waals surface area contributed by atoms with Gasteiger partial charge in [0.15, 0.2) is 11.5 Å². The van der Waals surface area contributed by atoms with Crippen LogP contribution in [0.4, 0.5) is 0 Å². The van der Waals surface area contributed by atoms with E-state index in [1.54, 1.807) is 56.3 Å². The van der Waals surface area contributed by atoms with Crippen molar-refractivity contribution >= 4 is 23.9 Å². The van der Waals surface area contributed by atoms with E-state index in [0.717, 1.165) is 5.56 Å². The summed E-state index contributed by atoms with van der Waals surface area (Å²) < 4.78 is 10.6. The van der Waals surface area contributed by atoms with E-state index < -0.39 is 23.8 Å². The van der Waals surface area contributed by atoms with Crippen molar-refractivity contribution in [2.45, 2.75) is 26.8 Å². The second kappa shape index (κ2) is 9.34. The van der Waals surface area contributed by atoms with Crippen molar-refractivity contribution in [3.05, 3.63) is 64.9 Å². The SMILES string of the molecule is Cc1ccc(C(=O)N/C(=C\c2ccc3c(c2)OCO3)C(=O)NC(C(=O)O)C(C)C)cc1. The van der Waals surface area contributed by atoms with E-state index in [-0.39, 0.29) is 18.4 Å². The van der Waals surface area contributed by atoms with E-state index in [1.807, 2.05) is 6.92 Å². The maximum Gasteiger partial charge on any atom is 0.326 e. The minimum absolute atomic E-state index is 0.0867. The molecule has 2 amide bonds. The highest BCUT2D eigenvalue weighted by atomic mass is 16.7. The van der Waals surface area contributed by atoms with Crippen LogP contribution in [0.5, 0.6) is 11.5 Å². The van der Waals surface area contributed by atoms with Gasteiger partial charge in [0.2, 0.25) is 6.79 Å². The van der Waals surface area contributed by atoms with Gasteiger partial charge >= 0.3 is 5.97 Å². The number of nitrogens with one attached hydrogen (secondary N) is 2. The smallest absolute Gasteiger partial charge is 0.326 e. The molecule has 1 atom stereocenters. The van der Waals surface area contributed by atoms with E-state index in [4.69, 9.17) is 9.47 Å². The Morgan fingerprint density at radius 3 is 2.35 bits per heavy atom. The molecule has 8 heteroatoms. The van der Waals surface area contributed by atoms with E-state index in [9.17, 15) is 19.5 Å². The maximum atomic E-state index is 12.9. The van der Waals surface area contributed by atoms with Crippen LogP contribution in [0, 0.1) is 12.8 Å². The van der Waals surface area contributed by atoms with Crippen molar-refractivity contribution in [1.82, 2.24) is 10.6 Å². The number of ether oxygens (including phenoxy) is 2. The molecule has 3 N–H and O–H groups in total. The Bertz CT molecular complexity index is 1030. The fourth-order valence-electron chi connectivity index (χ4n) is 2.96. The number of aliphatic carboxylic acids is 1. The molecule has 1 aliphatic heterocycles. The zero-order chi connectivity index (χ0) is 22.5. The number of carboxylic acid groups (broad SMARTS) is 1. The monoisotopic (exact) mass is 424 g/mol. The molecule has 0 saturated carbocycles. The number of amides is 2. The molecular weight excluding hydrogens is 400 g/mol. The summed E-state index contributed by atoms with van der Waals surface area (Å²) in [7, 11) is 0. The Labute approximate surface area is 179 Å².